The molecule has 0 saturated carbocycles. The molecule has 2 heterocycles. The molecule has 2 aromatic rings. The molecule has 3 aliphatic rings. The predicted octanol–water partition coefficient (Wildman–Crippen LogP) is 2.97. The summed E-state index contributed by atoms with van der Waals surface area (Å²) in [7, 11) is 0. The highest BCUT2D eigenvalue weighted by Crippen LogP contribution is 2.44. The van der Waals surface area contributed by atoms with Gasteiger partial charge in [-0.3, -0.25) is 4.79 Å². The summed E-state index contributed by atoms with van der Waals surface area (Å²) >= 11 is 0. The largest absolute Gasteiger partial charge is 0.480 e. The van der Waals surface area contributed by atoms with Crippen molar-refractivity contribution in [2.45, 2.75) is 37.3 Å². The molecule has 31 heavy (non-hydrogen) atoms. The standard InChI is InChI=1S/C24H27N3O4/c28-23(29)22-11-16-10-9-15(13-27(16)26-22)12-25-24(30)31-14-21-19-7-3-1-5-17(19)18-6-2-4-8-20(18)21/h1-8,15-16,21-22,26H,9-14H2,(H,25,30)(H,28,29). The Bertz CT molecular complexity index is 949. The maximum Gasteiger partial charge on any atom is 0.407 e. The predicted molar refractivity (Wildman–Crippen MR) is 115 cm³/mol. The van der Waals surface area contributed by atoms with Crippen molar-refractivity contribution < 1.29 is 19.4 Å². The van der Waals surface area contributed by atoms with E-state index in [-0.39, 0.29) is 17.9 Å². The number of ether oxygens (including phenoxy) is 1. The summed E-state index contributed by atoms with van der Waals surface area (Å²) < 4.78 is 5.61. The fourth-order valence-electron chi connectivity index (χ4n) is 5.23. The van der Waals surface area contributed by atoms with Crippen LogP contribution in [0.1, 0.15) is 36.3 Å². The van der Waals surface area contributed by atoms with E-state index in [9.17, 15) is 14.7 Å². The Kier molecular flexibility index (Phi) is 5.38. The number of carboxylic acid groups (broad SMARTS) is 1. The first-order valence-electron chi connectivity index (χ1n) is 10.9. The maximum absolute atomic E-state index is 12.4. The number of carboxylic acids is 1. The van der Waals surface area contributed by atoms with Gasteiger partial charge in [0.2, 0.25) is 0 Å². The molecule has 0 radical (unpaired) electrons. The van der Waals surface area contributed by atoms with Crippen molar-refractivity contribution in [1.82, 2.24) is 15.8 Å². The molecule has 2 fully saturated rings. The Morgan fingerprint density at radius 1 is 1.06 bits per heavy atom. The average molecular weight is 421 g/mol. The highest BCUT2D eigenvalue weighted by atomic mass is 16.5. The number of benzene rings is 2. The number of amides is 1. The van der Waals surface area contributed by atoms with Gasteiger partial charge in [0.25, 0.3) is 0 Å². The van der Waals surface area contributed by atoms with Gasteiger partial charge in [0.05, 0.1) is 0 Å². The van der Waals surface area contributed by atoms with Crippen LogP contribution < -0.4 is 10.7 Å². The van der Waals surface area contributed by atoms with Crippen LogP contribution in [-0.4, -0.2) is 54.0 Å². The van der Waals surface area contributed by atoms with Crippen LogP contribution in [0.3, 0.4) is 0 Å². The second-order valence-corrected chi connectivity index (χ2v) is 8.71. The number of hydrogen-bond donors (Lipinski definition) is 3. The second-order valence-electron chi connectivity index (χ2n) is 8.71. The quantitative estimate of drug-likeness (QED) is 0.688. The number of nitrogens with zero attached hydrogens (tertiary/aromatic N) is 1. The Morgan fingerprint density at radius 2 is 1.74 bits per heavy atom. The zero-order chi connectivity index (χ0) is 21.4. The summed E-state index contributed by atoms with van der Waals surface area (Å²) in [6.07, 6.45) is 2.15. The zero-order valence-corrected chi connectivity index (χ0v) is 17.3. The molecule has 2 aliphatic heterocycles. The van der Waals surface area contributed by atoms with Crippen LogP contribution in [-0.2, 0) is 9.53 Å². The van der Waals surface area contributed by atoms with Crippen molar-refractivity contribution in [3.63, 3.8) is 0 Å². The van der Waals surface area contributed by atoms with Gasteiger partial charge in [0, 0.05) is 25.0 Å². The molecule has 7 nitrogen and oxygen atoms in total. The Hall–Kier alpha value is -2.90. The number of hydrogen-bond acceptors (Lipinski definition) is 5. The van der Waals surface area contributed by atoms with Gasteiger partial charge in [0.1, 0.15) is 12.6 Å². The second kappa shape index (κ2) is 8.32. The third kappa shape index (κ3) is 3.91. The van der Waals surface area contributed by atoms with E-state index < -0.39 is 18.1 Å². The number of fused-ring (bicyclic) bond motifs is 4. The number of nitrogens with one attached hydrogen (secondary N) is 2. The molecular weight excluding hydrogens is 394 g/mol. The van der Waals surface area contributed by atoms with E-state index in [4.69, 9.17) is 4.74 Å². The van der Waals surface area contributed by atoms with E-state index in [1.54, 1.807) is 0 Å². The van der Waals surface area contributed by atoms with Gasteiger partial charge in [-0.15, -0.1) is 0 Å². The highest BCUT2D eigenvalue weighted by Gasteiger charge is 2.39. The molecule has 0 spiro atoms. The molecule has 162 valence electrons. The van der Waals surface area contributed by atoms with Crippen molar-refractivity contribution in [1.29, 1.82) is 0 Å². The first kappa shape index (κ1) is 20.0. The molecule has 3 unspecified atom stereocenters. The lowest BCUT2D eigenvalue weighted by Gasteiger charge is -2.34. The lowest BCUT2D eigenvalue weighted by Crippen LogP contribution is -2.49. The number of rotatable bonds is 5. The normalized spacial score (nSPS) is 24.8. The lowest BCUT2D eigenvalue weighted by atomic mass is 9.92. The van der Waals surface area contributed by atoms with Crippen LogP contribution in [0, 0.1) is 5.92 Å². The third-order valence-electron chi connectivity index (χ3n) is 6.81. The van der Waals surface area contributed by atoms with Gasteiger partial charge in [-0.2, -0.15) is 0 Å². The Morgan fingerprint density at radius 3 is 2.42 bits per heavy atom. The fraction of sp³-hybridized carbons (Fsp3) is 0.417. The summed E-state index contributed by atoms with van der Waals surface area (Å²) in [4.78, 5) is 23.6. The fourth-order valence-corrected chi connectivity index (χ4v) is 5.23. The maximum atomic E-state index is 12.4. The van der Waals surface area contributed by atoms with E-state index in [1.165, 1.54) is 22.3 Å². The summed E-state index contributed by atoms with van der Waals surface area (Å²) in [5, 5.41) is 14.2. The van der Waals surface area contributed by atoms with Gasteiger partial charge in [-0.1, -0.05) is 48.5 Å². The van der Waals surface area contributed by atoms with E-state index >= 15 is 0 Å². The third-order valence-corrected chi connectivity index (χ3v) is 6.81. The molecule has 3 atom stereocenters. The smallest absolute Gasteiger partial charge is 0.407 e. The molecule has 2 saturated heterocycles. The van der Waals surface area contributed by atoms with Crippen molar-refractivity contribution in [2.75, 3.05) is 19.7 Å². The van der Waals surface area contributed by atoms with Crippen LogP contribution in [0.15, 0.2) is 48.5 Å². The minimum atomic E-state index is -0.803. The molecule has 7 heteroatoms. The lowest BCUT2D eigenvalue weighted by molar-refractivity contribution is -0.139. The number of carbonyl (C=O) groups is 2. The number of carbonyl (C=O) groups excluding carboxylic acids is 1. The van der Waals surface area contributed by atoms with E-state index in [1.807, 2.05) is 29.3 Å². The minimum Gasteiger partial charge on any atom is -0.480 e. The van der Waals surface area contributed by atoms with E-state index in [0.717, 1.165) is 19.4 Å². The van der Waals surface area contributed by atoms with Gasteiger partial charge in [0.15, 0.2) is 0 Å². The molecule has 2 aromatic carbocycles. The van der Waals surface area contributed by atoms with E-state index in [0.29, 0.717) is 19.6 Å². The molecule has 3 N–H and O–H groups in total. The Balaban J connectivity index is 1.14. The topological polar surface area (TPSA) is 90.9 Å². The summed E-state index contributed by atoms with van der Waals surface area (Å²) in [5.41, 5.74) is 7.89. The Labute approximate surface area is 181 Å². The monoisotopic (exact) mass is 421 g/mol. The SMILES string of the molecule is O=C(NCC1CCC2CC(C(=O)O)NN2C1)OCC1c2ccccc2-c2ccccc21. The van der Waals surface area contributed by atoms with Crippen molar-refractivity contribution in [2.24, 2.45) is 5.92 Å². The summed E-state index contributed by atoms with van der Waals surface area (Å²) in [6, 6.07) is 16.3. The molecular formula is C24H27N3O4. The van der Waals surface area contributed by atoms with Gasteiger partial charge >= 0.3 is 12.1 Å². The number of aliphatic carboxylic acids is 1. The molecule has 5 rings (SSSR count). The molecule has 1 aliphatic carbocycles. The highest BCUT2D eigenvalue weighted by molar-refractivity contribution is 5.79. The molecule has 0 bridgehead atoms. The van der Waals surface area contributed by atoms with Crippen LogP contribution >= 0.6 is 0 Å². The summed E-state index contributed by atoms with van der Waals surface area (Å²) in [5.74, 6) is -0.477. The van der Waals surface area contributed by atoms with E-state index in [2.05, 4.69) is 35.0 Å². The number of alkyl carbamates (subject to hydrolysis) is 1. The van der Waals surface area contributed by atoms with Crippen molar-refractivity contribution >= 4 is 12.1 Å². The number of piperidine rings is 1. The van der Waals surface area contributed by atoms with Crippen LogP contribution in [0.25, 0.3) is 11.1 Å². The van der Waals surface area contributed by atoms with Gasteiger partial charge in [-0.05, 0) is 47.4 Å². The average Bonchev–Trinajstić information content (AvgIpc) is 3.35. The van der Waals surface area contributed by atoms with Crippen LogP contribution in [0.5, 0.6) is 0 Å². The molecule has 0 aromatic heterocycles. The number of hydrazine groups is 1. The zero-order valence-electron chi connectivity index (χ0n) is 17.3. The minimum absolute atomic E-state index is 0.0512. The molecule has 1 amide bonds. The van der Waals surface area contributed by atoms with Crippen molar-refractivity contribution in [3.8, 4) is 11.1 Å². The first-order valence-corrected chi connectivity index (χ1v) is 10.9. The van der Waals surface area contributed by atoms with Crippen LogP contribution in [0.2, 0.25) is 0 Å². The van der Waals surface area contributed by atoms with Crippen LogP contribution in [0.4, 0.5) is 4.79 Å². The van der Waals surface area contributed by atoms with Crippen molar-refractivity contribution in [3.05, 3.63) is 59.7 Å². The summed E-state index contributed by atoms with van der Waals surface area (Å²) in [6.45, 7) is 1.57. The van der Waals surface area contributed by atoms with Gasteiger partial charge in [-0.25, -0.2) is 15.2 Å². The first-order chi connectivity index (χ1) is 15.1. The van der Waals surface area contributed by atoms with Gasteiger partial charge < -0.3 is 15.2 Å².